The molecule has 0 saturated carbocycles. The molecule has 0 radical (unpaired) electrons. The van der Waals surface area contributed by atoms with Crippen molar-refractivity contribution in [3.05, 3.63) is 95.6 Å². The minimum atomic E-state index is 0.983. The fourth-order valence-electron chi connectivity index (χ4n) is 3.32. The summed E-state index contributed by atoms with van der Waals surface area (Å²) in [7, 11) is 0. The number of hydrazone groups is 1. The Morgan fingerprint density at radius 2 is 1.72 bits per heavy atom. The standard InChI is InChI=1S/C23H20N2/c1-17-8-7-13-20(17)22-15-14-18-9-5-6-12-21(18)23(22)16-24-25-19-10-3-2-4-11-19/h2-12,14-16,25H,13H2,1H3/b24-16+. The third-order valence-electron chi connectivity index (χ3n) is 4.62. The molecule has 0 aliphatic heterocycles. The molecule has 0 unspecified atom stereocenters. The van der Waals surface area contributed by atoms with E-state index in [1.54, 1.807) is 0 Å². The van der Waals surface area contributed by atoms with Gasteiger partial charge in [0.25, 0.3) is 0 Å². The van der Waals surface area contributed by atoms with Crippen molar-refractivity contribution in [2.45, 2.75) is 13.3 Å². The Bertz CT molecular complexity index is 995. The van der Waals surface area contributed by atoms with Gasteiger partial charge in [0.2, 0.25) is 0 Å². The first-order chi connectivity index (χ1) is 12.3. The van der Waals surface area contributed by atoms with Crippen molar-refractivity contribution in [2.24, 2.45) is 5.10 Å². The van der Waals surface area contributed by atoms with Crippen molar-refractivity contribution in [1.29, 1.82) is 0 Å². The predicted molar refractivity (Wildman–Crippen MR) is 108 cm³/mol. The molecular formula is C23H20N2. The highest BCUT2D eigenvalue weighted by Crippen LogP contribution is 2.33. The fraction of sp³-hybridized carbons (Fsp3) is 0.0870. The molecule has 4 rings (SSSR count). The number of fused-ring (bicyclic) bond motifs is 1. The van der Waals surface area contributed by atoms with Gasteiger partial charge < -0.3 is 0 Å². The van der Waals surface area contributed by atoms with Gasteiger partial charge in [-0.3, -0.25) is 5.43 Å². The van der Waals surface area contributed by atoms with Crippen LogP contribution in [0, 0.1) is 0 Å². The summed E-state index contributed by atoms with van der Waals surface area (Å²) in [5, 5.41) is 6.96. The summed E-state index contributed by atoms with van der Waals surface area (Å²) in [5.74, 6) is 0. The van der Waals surface area contributed by atoms with Crippen molar-refractivity contribution >= 4 is 28.2 Å². The first-order valence-corrected chi connectivity index (χ1v) is 8.55. The summed E-state index contributed by atoms with van der Waals surface area (Å²) < 4.78 is 0. The molecular weight excluding hydrogens is 304 g/mol. The number of nitrogens with zero attached hydrogens (tertiary/aromatic N) is 1. The molecule has 3 aromatic carbocycles. The van der Waals surface area contributed by atoms with Crippen LogP contribution >= 0.6 is 0 Å². The zero-order chi connectivity index (χ0) is 17.1. The Morgan fingerprint density at radius 3 is 2.52 bits per heavy atom. The van der Waals surface area contributed by atoms with Crippen LogP contribution < -0.4 is 5.43 Å². The Kier molecular flexibility index (Phi) is 4.17. The highest BCUT2D eigenvalue weighted by molar-refractivity contribution is 6.05. The Hall–Kier alpha value is -3.13. The van der Waals surface area contributed by atoms with E-state index in [-0.39, 0.29) is 0 Å². The number of hydrogen-bond acceptors (Lipinski definition) is 2. The molecule has 0 spiro atoms. The van der Waals surface area contributed by atoms with Crippen molar-refractivity contribution in [3.8, 4) is 0 Å². The summed E-state index contributed by atoms with van der Waals surface area (Å²) in [6.45, 7) is 2.18. The first-order valence-electron chi connectivity index (χ1n) is 8.55. The van der Waals surface area contributed by atoms with Gasteiger partial charge in [-0.05, 0) is 53.0 Å². The Labute approximate surface area is 148 Å². The number of benzene rings is 3. The number of para-hydroxylation sites is 1. The number of anilines is 1. The van der Waals surface area contributed by atoms with Gasteiger partial charge in [-0.25, -0.2) is 0 Å². The lowest BCUT2D eigenvalue weighted by atomic mass is 9.92. The van der Waals surface area contributed by atoms with Crippen molar-refractivity contribution in [2.75, 3.05) is 5.43 Å². The molecule has 2 nitrogen and oxygen atoms in total. The van der Waals surface area contributed by atoms with E-state index in [1.165, 1.54) is 33.0 Å². The van der Waals surface area contributed by atoms with Crippen LogP contribution in [-0.2, 0) is 0 Å². The second-order valence-electron chi connectivity index (χ2n) is 6.25. The number of hydrogen-bond donors (Lipinski definition) is 1. The summed E-state index contributed by atoms with van der Waals surface area (Å²) >= 11 is 0. The molecule has 0 fully saturated rings. The zero-order valence-corrected chi connectivity index (χ0v) is 14.2. The summed E-state index contributed by atoms with van der Waals surface area (Å²) in [6, 6.07) is 22.9. The normalized spacial score (nSPS) is 14.0. The molecule has 3 aromatic rings. The van der Waals surface area contributed by atoms with Crippen LogP contribution in [0.15, 0.2) is 89.6 Å². The number of nitrogens with one attached hydrogen (secondary N) is 1. The quantitative estimate of drug-likeness (QED) is 0.460. The molecule has 122 valence electrons. The van der Waals surface area contributed by atoms with Gasteiger partial charge >= 0.3 is 0 Å². The van der Waals surface area contributed by atoms with Crippen molar-refractivity contribution in [1.82, 2.24) is 0 Å². The van der Waals surface area contributed by atoms with Gasteiger partial charge in [0.15, 0.2) is 0 Å². The SMILES string of the molecule is CC1=C(c2ccc3ccccc3c2/C=N/Nc2ccccc2)CC=C1. The maximum Gasteiger partial charge on any atom is 0.0561 e. The molecule has 2 heteroatoms. The lowest BCUT2D eigenvalue weighted by molar-refractivity contribution is 1.35. The van der Waals surface area contributed by atoms with Crippen LogP contribution in [0.1, 0.15) is 24.5 Å². The Morgan fingerprint density at radius 1 is 0.920 bits per heavy atom. The van der Waals surface area contributed by atoms with Crippen LogP contribution in [0.5, 0.6) is 0 Å². The number of allylic oxidation sites excluding steroid dienone is 4. The van der Waals surface area contributed by atoms with E-state index in [4.69, 9.17) is 0 Å². The van der Waals surface area contributed by atoms with E-state index in [0.717, 1.165) is 12.1 Å². The minimum absolute atomic E-state index is 0.983. The lowest BCUT2D eigenvalue weighted by Gasteiger charge is -2.12. The second kappa shape index (κ2) is 6.78. The maximum atomic E-state index is 4.50. The third-order valence-corrected chi connectivity index (χ3v) is 4.62. The van der Waals surface area contributed by atoms with E-state index in [9.17, 15) is 0 Å². The van der Waals surface area contributed by atoms with Gasteiger partial charge in [0, 0.05) is 5.56 Å². The van der Waals surface area contributed by atoms with E-state index < -0.39 is 0 Å². The van der Waals surface area contributed by atoms with E-state index >= 15 is 0 Å². The molecule has 0 heterocycles. The van der Waals surface area contributed by atoms with Crippen LogP contribution in [-0.4, -0.2) is 6.21 Å². The van der Waals surface area contributed by atoms with Gasteiger partial charge in [-0.1, -0.05) is 66.7 Å². The van der Waals surface area contributed by atoms with E-state index in [0.29, 0.717) is 0 Å². The molecule has 0 aromatic heterocycles. The Balaban J connectivity index is 1.78. The maximum absolute atomic E-state index is 4.50. The number of rotatable bonds is 4. The monoisotopic (exact) mass is 324 g/mol. The first kappa shape index (κ1) is 15.4. The molecule has 0 bridgehead atoms. The average Bonchev–Trinajstić information content (AvgIpc) is 3.08. The van der Waals surface area contributed by atoms with E-state index in [1.807, 2.05) is 36.5 Å². The molecule has 0 atom stereocenters. The lowest BCUT2D eigenvalue weighted by Crippen LogP contribution is -1.97. The topological polar surface area (TPSA) is 24.4 Å². The average molecular weight is 324 g/mol. The van der Waals surface area contributed by atoms with Crippen molar-refractivity contribution in [3.63, 3.8) is 0 Å². The highest BCUT2D eigenvalue weighted by atomic mass is 15.3. The molecule has 1 aliphatic rings. The summed E-state index contributed by atoms with van der Waals surface area (Å²) in [5.41, 5.74) is 9.25. The van der Waals surface area contributed by atoms with Gasteiger partial charge in [0.1, 0.15) is 0 Å². The van der Waals surface area contributed by atoms with Crippen molar-refractivity contribution < 1.29 is 0 Å². The molecule has 1 N–H and O–H groups in total. The van der Waals surface area contributed by atoms with E-state index in [2.05, 4.69) is 66.0 Å². The highest BCUT2D eigenvalue weighted by Gasteiger charge is 2.13. The second-order valence-corrected chi connectivity index (χ2v) is 6.25. The molecule has 0 saturated heterocycles. The summed E-state index contributed by atoms with van der Waals surface area (Å²) in [6.07, 6.45) is 7.36. The van der Waals surface area contributed by atoms with Crippen LogP contribution in [0.3, 0.4) is 0 Å². The minimum Gasteiger partial charge on any atom is -0.279 e. The van der Waals surface area contributed by atoms with Gasteiger partial charge in [-0.15, -0.1) is 0 Å². The van der Waals surface area contributed by atoms with Crippen LogP contribution in [0.2, 0.25) is 0 Å². The molecule has 25 heavy (non-hydrogen) atoms. The van der Waals surface area contributed by atoms with Crippen LogP contribution in [0.25, 0.3) is 16.3 Å². The predicted octanol–water partition coefficient (Wildman–Crippen LogP) is 6.02. The zero-order valence-electron chi connectivity index (χ0n) is 14.2. The molecule has 0 amide bonds. The van der Waals surface area contributed by atoms with Gasteiger partial charge in [0.05, 0.1) is 11.9 Å². The molecule has 1 aliphatic carbocycles. The van der Waals surface area contributed by atoms with Crippen LogP contribution in [0.4, 0.5) is 5.69 Å². The fourth-order valence-corrected chi connectivity index (χ4v) is 3.32. The summed E-state index contributed by atoms with van der Waals surface area (Å²) in [4.78, 5) is 0. The third kappa shape index (κ3) is 3.11. The smallest absolute Gasteiger partial charge is 0.0561 e. The largest absolute Gasteiger partial charge is 0.279 e. The van der Waals surface area contributed by atoms with Gasteiger partial charge in [-0.2, -0.15) is 5.10 Å².